The summed E-state index contributed by atoms with van der Waals surface area (Å²) in [6.07, 6.45) is -4.53. The number of carbonyl (C=O) groups is 2. The second-order valence-corrected chi connectivity index (χ2v) is 4.79. The molecule has 0 aliphatic rings. The Balaban J connectivity index is 0.000000225. The summed E-state index contributed by atoms with van der Waals surface area (Å²) in [6, 6.07) is 9.78. The lowest BCUT2D eigenvalue weighted by molar-refractivity contribution is -0.165. The maximum Gasteiger partial charge on any atom is 0.335 e. The van der Waals surface area contributed by atoms with Gasteiger partial charge in [0.1, 0.15) is 0 Å². The number of aromatic nitrogens is 1. The minimum atomic E-state index is -2.27. The van der Waals surface area contributed by atoms with Crippen molar-refractivity contribution in [1.82, 2.24) is 4.98 Å². The number of pyridine rings is 1. The van der Waals surface area contributed by atoms with Crippen molar-refractivity contribution in [1.29, 1.82) is 0 Å². The van der Waals surface area contributed by atoms with Gasteiger partial charge in [-0.2, -0.15) is 0 Å². The SMILES string of the molecule is Cc1ccc2ccc(Cl)cc2n1.O=C(O)C(O)C(O)C(=O)O. The number of carboxylic acids is 2. The molecular formula is C14H14ClNO6. The third-order valence-corrected chi connectivity index (χ3v) is 2.83. The highest BCUT2D eigenvalue weighted by Gasteiger charge is 2.29. The second-order valence-electron chi connectivity index (χ2n) is 4.36. The molecule has 1 aromatic carbocycles. The lowest BCUT2D eigenvalue weighted by Crippen LogP contribution is -2.39. The van der Waals surface area contributed by atoms with Gasteiger partial charge in [-0.05, 0) is 25.1 Å². The number of benzene rings is 1. The van der Waals surface area contributed by atoms with E-state index in [0.717, 1.165) is 21.6 Å². The van der Waals surface area contributed by atoms with Crippen molar-refractivity contribution in [3.63, 3.8) is 0 Å². The van der Waals surface area contributed by atoms with E-state index in [4.69, 9.17) is 32.0 Å². The van der Waals surface area contributed by atoms with Crippen LogP contribution in [0.2, 0.25) is 5.02 Å². The van der Waals surface area contributed by atoms with Crippen molar-refractivity contribution < 1.29 is 30.0 Å². The highest BCUT2D eigenvalue weighted by molar-refractivity contribution is 6.31. The highest BCUT2D eigenvalue weighted by Crippen LogP contribution is 2.17. The van der Waals surface area contributed by atoms with E-state index in [1.807, 2.05) is 37.3 Å². The number of halogens is 1. The van der Waals surface area contributed by atoms with Crippen LogP contribution in [0.1, 0.15) is 5.69 Å². The number of aliphatic hydroxyl groups is 2. The van der Waals surface area contributed by atoms with E-state index in [9.17, 15) is 9.59 Å². The van der Waals surface area contributed by atoms with Crippen LogP contribution in [0.5, 0.6) is 0 Å². The van der Waals surface area contributed by atoms with Gasteiger partial charge in [0.15, 0.2) is 12.2 Å². The number of aliphatic hydroxyl groups excluding tert-OH is 2. The molecule has 8 heteroatoms. The van der Waals surface area contributed by atoms with Crippen molar-refractivity contribution >= 4 is 34.4 Å². The number of rotatable bonds is 3. The summed E-state index contributed by atoms with van der Waals surface area (Å²) < 4.78 is 0. The minimum Gasteiger partial charge on any atom is -0.479 e. The van der Waals surface area contributed by atoms with Crippen molar-refractivity contribution in [3.8, 4) is 0 Å². The molecular weight excluding hydrogens is 314 g/mol. The zero-order valence-electron chi connectivity index (χ0n) is 11.5. The van der Waals surface area contributed by atoms with E-state index in [2.05, 4.69) is 4.98 Å². The molecule has 7 nitrogen and oxygen atoms in total. The minimum absolute atomic E-state index is 0.737. The molecule has 0 fully saturated rings. The molecule has 2 atom stereocenters. The van der Waals surface area contributed by atoms with Crippen molar-refractivity contribution in [2.75, 3.05) is 0 Å². The molecule has 0 amide bonds. The van der Waals surface area contributed by atoms with Crippen LogP contribution in [0.15, 0.2) is 30.3 Å². The number of hydrogen-bond donors (Lipinski definition) is 4. The molecule has 0 saturated heterocycles. The van der Waals surface area contributed by atoms with Crippen LogP contribution in [0.4, 0.5) is 0 Å². The van der Waals surface area contributed by atoms with Gasteiger partial charge in [-0.1, -0.05) is 23.7 Å². The van der Waals surface area contributed by atoms with Crippen molar-refractivity contribution in [2.45, 2.75) is 19.1 Å². The summed E-state index contributed by atoms with van der Waals surface area (Å²) in [5.74, 6) is -3.54. The number of fused-ring (bicyclic) bond motifs is 1. The molecule has 1 aromatic heterocycles. The van der Waals surface area contributed by atoms with Crippen molar-refractivity contribution in [2.24, 2.45) is 0 Å². The van der Waals surface area contributed by atoms with Crippen LogP contribution in [0.25, 0.3) is 10.9 Å². The highest BCUT2D eigenvalue weighted by atomic mass is 35.5. The fourth-order valence-corrected chi connectivity index (χ4v) is 1.63. The third-order valence-electron chi connectivity index (χ3n) is 2.60. The van der Waals surface area contributed by atoms with E-state index in [-0.39, 0.29) is 0 Å². The number of hydrogen-bond acceptors (Lipinski definition) is 5. The number of carboxylic acid groups (broad SMARTS) is 2. The van der Waals surface area contributed by atoms with Crippen LogP contribution in [-0.4, -0.2) is 49.6 Å². The Bertz CT molecular complexity index is 635. The summed E-state index contributed by atoms with van der Waals surface area (Å²) in [5.41, 5.74) is 1.98. The average molecular weight is 328 g/mol. The Hall–Kier alpha value is -2.22. The van der Waals surface area contributed by atoms with Crippen LogP contribution in [0, 0.1) is 6.92 Å². The zero-order valence-corrected chi connectivity index (χ0v) is 12.2. The Morgan fingerprint density at radius 1 is 1.05 bits per heavy atom. The second kappa shape index (κ2) is 7.69. The molecule has 0 saturated carbocycles. The smallest absolute Gasteiger partial charge is 0.335 e. The number of aliphatic carboxylic acids is 2. The lowest BCUT2D eigenvalue weighted by atomic mass is 10.2. The van der Waals surface area contributed by atoms with Gasteiger partial charge in [0, 0.05) is 16.1 Å². The van der Waals surface area contributed by atoms with Gasteiger partial charge in [0.25, 0.3) is 0 Å². The fraction of sp³-hybridized carbons (Fsp3) is 0.214. The van der Waals surface area contributed by atoms with Gasteiger partial charge in [-0.15, -0.1) is 0 Å². The van der Waals surface area contributed by atoms with E-state index in [0.29, 0.717) is 0 Å². The molecule has 2 rings (SSSR count). The average Bonchev–Trinajstić information content (AvgIpc) is 2.45. The molecule has 0 radical (unpaired) electrons. The summed E-state index contributed by atoms with van der Waals surface area (Å²) >= 11 is 5.83. The summed E-state index contributed by atoms with van der Waals surface area (Å²) in [6.45, 7) is 1.97. The van der Waals surface area contributed by atoms with Crippen LogP contribution in [0.3, 0.4) is 0 Å². The van der Waals surface area contributed by atoms with Crippen LogP contribution in [-0.2, 0) is 9.59 Å². The zero-order chi connectivity index (χ0) is 16.9. The normalized spacial score (nSPS) is 12.9. The predicted octanol–water partition coefficient (Wildman–Crippen LogP) is 1.07. The first-order valence-electron chi connectivity index (χ1n) is 6.07. The molecule has 0 aliphatic heterocycles. The molecule has 0 spiro atoms. The first kappa shape index (κ1) is 17.8. The van der Waals surface area contributed by atoms with Gasteiger partial charge in [-0.25, -0.2) is 9.59 Å². The molecule has 2 unspecified atom stereocenters. The van der Waals surface area contributed by atoms with Crippen LogP contribution < -0.4 is 0 Å². The molecule has 4 N–H and O–H groups in total. The molecule has 2 aromatic rings. The van der Waals surface area contributed by atoms with Crippen molar-refractivity contribution in [3.05, 3.63) is 41.0 Å². The van der Waals surface area contributed by atoms with Crippen LogP contribution >= 0.6 is 11.6 Å². The number of aryl methyl sites for hydroxylation is 1. The Morgan fingerprint density at radius 2 is 1.55 bits per heavy atom. The maximum atomic E-state index is 9.77. The van der Waals surface area contributed by atoms with E-state index in [1.165, 1.54) is 0 Å². The lowest BCUT2D eigenvalue weighted by Gasteiger charge is -2.07. The molecule has 0 bridgehead atoms. The Kier molecular flexibility index (Phi) is 6.24. The van der Waals surface area contributed by atoms with Gasteiger partial charge in [0.2, 0.25) is 0 Å². The standard InChI is InChI=1S/C10H8ClN.C4H6O6/c1-7-2-3-8-4-5-9(11)6-10(8)12-7;5-1(3(7)8)2(6)4(9)10/h2-6H,1H3;1-2,5-6H,(H,7,8)(H,9,10). The van der Waals surface area contributed by atoms with Gasteiger partial charge in [-0.3, -0.25) is 4.98 Å². The fourth-order valence-electron chi connectivity index (χ4n) is 1.46. The third kappa shape index (κ3) is 4.96. The first-order chi connectivity index (χ1) is 10.2. The summed E-state index contributed by atoms with van der Waals surface area (Å²) in [5, 5.41) is 34.4. The first-order valence-corrected chi connectivity index (χ1v) is 6.45. The topological polar surface area (TPSA) is 128 Å². The molecule has 22 heavy (non-hydrogen) atoms. The predicted molar refractivity (Wildman–Crippen MR) is 78.8 cm³/mol. The maximum absolute atomic E-state index is 9.77. The van der Waals surface area contributed by atoms with Gasteiger partial charge in [0.05, 0.1) is 5.52 Å². The molecule has 0 aliphatic carbocycles. The summed E-state index contributed by atoms with van der Waals surface area (Å²) in [7, 11) is 0. The summed E-state index contributed by atoms with van der Waals surface area (Å²) in [4.78, 5) is 23.9. The molecule has 1 heterocycles. The Morgan fingerprint density at radius 3 is 2.05 bits per heavy atom. The largest absolute Gasteiger partial charge is 0.479 e. The quantitative estimate of drug-likeness (QED) is 0.664. The monoisotopic (exact) mass is 327 g/mol. The van der Waals surface area contributed by atoms with Gasteiger partial charge < -0.3 is 20.4 Å². The van der Waals surface area contributed by atoms with E-state index < -0.39 is 24.1 Å². The Labute approximate surface area is 130 Å². The molecule has 118 valence electrons. The van der Waals surface area contributed by atoms with E-state index in [1.54, 1.807) is 0 Å². The van der Waals surface area contributed by atoms with E-state index >= 15 is 0 Å². The number of nitrogens with zero attached hydrogens (tertiary/aromatic N) is 1. The van der Waals surface area contributed by atoms with Gasteiger partial charge >= 0.3 is 11.9 Å².